The average Bonchev–Trinajstić information content (AvgIpc) is 3.17. The van der Waals surface area contributed by atoms with Crippen LogP contribution in [0.4, 0.5) is 24.0 Å². The van der Waals surface area contributed by atoms with Gasteiger partial charge in [-0.1, -0.05) is 22.9 Å². The lowest BCUT2D eigenvalue weighted by molar-refractivity contribution is -0.137. The average molecular weight is 472 g/mol. The highest BCUT2D eigenvalue weighted by Crippen LogP contribution is 2.36. The minimum atomic E-state index is -4.70. The third-order valence-electron chi connectivity index (χ3n) is 4.87. The number of anilines is 2. The van der Waals surface area contributed by atoms with Crippen molar-refractivity contribution in [3.05, 3.63) is 45.5 Å². The van der Waals surface area contributed by atoms with Crippen molar-refractivity contribution in [3.63, 3.8) is 0 Å². The molecule has 12 heteroatoms. The van der Waals surface area contributed by atoms with Crippen LogP contribution >= 0.6 is 22.9 Å². The fourth-order valence-corrected chi connectivity index (χ4v) is 4.57. The van der Waals surface area contributed by atoms with Gasteiger partial charge in [-0.3, -0.25) is 14.2 Å². The van der Waals surface area contributed by atoms with Crippen molar-refractivity contribution in [1.29, 1.82) is 0 Å². The summed E-state index contributed by atoms with van der Waals surface area (Å²) in [6.07, 6.45) is -0.253. The first-order valence-corrected chi connectivity index (χ1v) is 10.7. The van der Waals surface area contributed by atoms with Gasteiger partial charge in [-0.15, -0.1) is 0 Å². The molecular formula is C19H17ClF3N5O2S. The number of piperidine rings is 1. The molecule has 0 bridgehead atoms. The molecular weight excluding hydrogens is 455 g/mol. The fourth-order valence-electron chi connectivity index (χ4n) is 3.37. The van der Waals surface area contributed by atoms with Crippen molar-refractivity contribution in [1.82, 2.24) is 14.5 Å². The van der Waals surface area contributed by atoms with Gasteiger partial charge in [0, 0.05) is 18.1 Å². The standard InChI is InChI=1S/C19H17ClF3N5O2S/c20-11-4-5-13(12(8-11)19(21,22)23)25-14(29)9-28-10-24-16-15(17(28)30)31-18(26-16)27-6-2-1-3-7-27/h4-5,8,10H,1-3,6-7,9H2,(H,25,29). The zero-order valence-corrected chi connectivity index (χ0v) is 17.6. The Labute approximate surface area is 183 Å². The summed E-state index contributed by atoms with van der Waals surface area (Å²) in [5, 5.41) is 2.80. The van der Waals surface area contributed by atoms with E-state index in [0.717, 1.165) is 49.1 Å². The molecule has 1 amide bonds. The van der Waals surface area contributed by atoms with Crippen LogP contribution in [0, 0.1) is 0 Å². The quantitative estimate of drug-likeness (QED) is 0.618. The van der Waals surface area contributed by atoms with Crippen LogP contribution in [0.2, 0.25) is 5.02 Å². The largest absolute Gasteiger partial charge is 0.418 e. The normalized spacial score (nSPS) is 14.8. The zero-order chi connectivity index (χ0) is 22.2. The first-order chi connectivity index (χ1) is 14.7. The van der Waals surface area contributed by atoms with E-state index in [1.54, 1.807) is 0 Å². The number of fused-ring (bicyclic) bond motifs is 1. The molecule has 1 aliphatic rings. The number of thiazole rings is 1. The number of amides is 1. The lowest BCUT2D eigenvalue weighted by Crippen LogP contribution is -2.29. The van der Waals surface area contributed by atoms with Crippen molar-refractivity contribution in [3.8, 4) is 0 Å². The van der Waals surface area contributed by atoms with E-state index in [1.807, 2.05) is 0 Å². The van der Waals surface area contributed by atoms with Crippen LogP contribution in [0.25, 0.3) is 10.3 Å². The number of rotatable bonds is 4. The van der Waals surface area contributed by atoms with Gasteiger partial charge < -0.3 is 10.2 Å². The Hall–Kier alpha value is -2.66. The molecule has 0 unspecified atom stereocenters. The van der Waals surface area contributed by atoms with Crippen molar-refractivity contribution in [2.75, 3.05) is 23.3 Å². The Morgan fingerprint density at radius 2 is 1.97 bits per heavy atom. The number of nitrogens with zero attached hydrogens (tertiary/aromatic N) is 4. The molecule has 1 fully saturated rings. The number of hydrogen-bond acceptors (Lipinski definition) is 6. The van der Waals surface area contributed by atoms with E-state index in [4.69, 9.17) is 11.6 Å². The molecule has 1 saturated heterocycles. The molecule has 1 aliphatic heterocycles. The SMILES string of the molecule is O=C(Cn1cnc2nc(N3CCCCC3)sc2c1=O)Nc1ccc(Cl)cc1C(F)(F)F. The van der Waals surface area contributed by atoms with E-state index in [0.29, 0.717) is 15.5 Å². The molecule has 4 rings (SSSR count). The first-order valence-electron chi connectivity index (χ1n) is 9.50. The summed E-state index contributed by atoms with van der Waals surface area (Å²) < 4.78 is 41.0. The van der Waals surface area contributed by atoms with Crippen LogP contribution in [0.3, 0.4) is 0 Å². The minimum absolute atomic E-state index is 0.106. The Bertz CT molecular complexity index is 1190. The number of hydrogen-bond donors (Lipinski definition) is 1. The number of aromatic nitrogens is 3. The topological polar surface area (TPSA) is 80.1 Å². The van der Waals surface area contributed by atoms with E-state index in [2.05, 4.69) is 20.2 Å². The van der Waals surface area contributed by atoms with Gasteiger partial charge >= 0.3 is 6.18 Å². The smallest absolute Gasteiger partial charge is 0.348 e. The molecule has 0 aliphatic carbocycles. The minimum Gasteiger partial charge on any atom is -0.348 e. The number of nitrogens with one attached hydrogen (secondary N) is 1. The Kier molecular flexibility index (Phi) is 5.89. The van der Waals surface area contributed by atoms with Crippen LogP contribution < -0.4 is 15.8 Å². The van der Waals surface area contributed by atoms with E-state index in [9.17, 15) is 22.8 Å². The van der Waals surface area contributed by atoms with Gasteiger partial charge in [0.25, 0.3) is 5.56 Å². The van der Waals surface area contributed by atoms with Gasteiger partial charge in [-0.25, -0.2) is 4.98 Å². The predicted octanol–water partition coefficient (Wildman–Crippen LogP) is 4.15. The molecule has 0 saturated carbocycles. The molecule has 2 aromatic heterocycles. The van der Waals surface area contributed by atoms with Gasteiger partial charge in [0.2, 0.25) is 5.91 Å². The fraction of sp³-hybridized carbons (Fsp3) is 0.368. The summed E-state index contributed by atoms with van der Waals surface area (Å²) in [5.74, 6) is -0.795. The van der Waals surface area contributed by atoms with Crippen LogP contribution in [0.5, 0.6) is 0 Å². The summed E-state index contributed by atoms with van der Waals surface area (Å²) in [6.45, 7) is 1.23. The van der Waals surface area contributed by atoms with Crippen LogP contribution in [0.15, 0.2) is 29.3 Å². The number of halogens is 4. The number of carbonyl (C=O) groups excluding carboxylic acids is 1. The number of benzene rings is 1. The summed E-state index contributed by atoms with van der Waals surface area (Å²) >= 11 is 6.86. The van der Waals surface area contributed by atoms with Crippen LogP contribution in [0.1, 0.15) is 24.8 Å². The highest BCUT2D eigenvalue weighted by Gasteiger charge is 2.34. The second-order valence-corrected chi connectivity index (χ2v) is 8.52. The highest BCUT2D eigenvalue weighted by molar-refractivity contribution is 7.22. The van der Waals surface area contributed by atoms with E-state index < -0.39 is 35.4 Å². The van der Waals surface area contributed by atoms with Gasteiger partial charge in [0.15, 0.2) is 10.8 Å². The van der Waals surface area contributed by atoms with Gasteiger partial charge in [-0.05, 0) is 37.5 Å². The van der Waals surface area contributed by atoms with Crippen molar-refractivity contribution >= 4 is 50.0 Å². The molecule has 3 heterocycles. The lowest BCUT2D eigenvalue weighted by atomic mass is 10.1. The maximum Gasteiger partial charge on any atom is 0.418 e. The van der Waals surface area contributed by atoms with Crippen molar-refractivity contribution < 1.29 is 18.0 Å². The van der Waals surface area contributed by atoms with Crippen LogP contribution in [-0.2, 0) is 17.5 Å². The van der Waals surface area contributed by atoms with Gasteiger partial charge in [0.05, 0.1) is 11.3 Å². The van der Waals surface area contributed by atoms with Gasteiger partial charge in [-0.2, -0.15) is 18.2 Å². The third kappa shape index (κ3) is 4.67. The zero-order valence-electron chi connectivity index (χ0n) is 16.1. The monoisotopic (exact) mass is 471 g/mol. The summed E-state index contributed by atoms with van der Waals surface area (Å²) in [7, 11) is 0. The Morgan fingerprint density at radius 1 is 1.23 bits per heavy atom. The van der Waals surface area contributed by atoms with E-state index in [1.165, 1.54) is 23.7 Å². The molecule has 31 heavy (non-hydrogen) atoms. The Balaban J connectivity index is 1.56. The predicted molar refractivity (Wildman–Crippen MR) is 113 cm³/mol. The number of carbonyl (C=O) groups is 1. The molecule has 1 aromatic carbocycles. The van der Waals surface area contributed by atoms with E-state index in [-0.39, 0.29) is 5.02 Å². The second-order valence-electron chi connectivity index (χ2n) is 7.11. The maximum atomic E-state index is 13.2. The molecule has 0 atom stereocenters. The summed E-state index contributed by atoms with van der Waals surface area (Å²) in [6, 6.07) is 3.05. The Morgan fingerprint density at radius 3 is 2.68 bits per heavy atom. The number of alkyl halides is 3. The third-order valence-corrected chi connectivity index (χ3v) is 6.20. The van der Waals surface area contributed by atoms with Crippen LogP contribution in [-0.4, -0.2) is 33.5 Å². The molecule has 164 valence electrons. The van der Waals surface area contributed by atoms with Crippen molar-refractivity contribution in [2.24, 2.45) is 0 Å². The first kappa shape index (κ1) is 21.6. The molecule has 7 nitrogen and oxygen atoms in total. The molecule has 1 N–H and O–H groups in total. The summed E-state index contributed by atoms with van der Waals surface area (Å²) in [4.78, 5) is 35.8. The van der Waals surface area contributed by atoms with Gasteiger partial charge in [0.1, 0.15) is 17.6 Å². The van der Waals surface area contributed by atoms with Crippen molar-refractivity contribution in [2.45, 2.75) is 32.0 Å². The van der Waals surface area contributed by atoms with E-state index >= 15 is 0 Å². The molecule has 3 aromatic rings. The highest BCUT2D eigenvalue weighted by atomic mass is 35.5. The molecule has 0 radical (unpaired) electrons. The second kappa shape index (κ2) is 8.46. The molecule has 0 spiro atoms. The lowest BCUT2D eigenvalue weighted by Gasteiger charge is -2.25. The maximum absolute atomic E-state index is 13.2. The summed E-state index contributed by atoms with van der Waals surface area (Å²) in [5.41, 5.74) is -1.67.